The first-order valence-corrected chi connectivity index (χ1v) is 12.0. The van der Waals surface area contributed by atoms with E-state index >= 15 is 0 Å². The number of carboxylic acids is 1. The molecule has 0 aromatic heterocycles. The fourth-order valence-electron chi connectivity index (χ4n) is 4.47. The van der Waals surface area contributed by atoms with E-state index in [4.69, 9.17) is 4.74 Å². The van der Waals surface area contributed by atoms with E-state index in [2.05, 4.69) is 17.4 Å². The summed E-state index contributed by atoms with van der Waals surface area (Å²) in [7, 11) is 0. The minimum Gasteiger partial charge on any atom is -0.480 e. The van der Waals surface area contributed by atoms with Gasteiger partial charge in [0.1, 0.15) is 19.2 Å². The predicted molar refractivity (Wildman–Crippen MR) is 131 cm³/mol. The van der Waals surface area contributed by atoms with Crippen LogP contribution in [0.2, 0.25) is 0 Å². The van der Waals surface area contributed by atoms with E-state index in [-0.39, 0.29) is 18.6 Å². The second-order valence-electron chi connectivity index (χ2n) is 8.78. The van der Waals surface area contributed by atoms with Crippen LogP contribution < -0.4 is 5.32 Å². The molecule has 2 atom stereocenters. The number of hydrogen-bond donors (Lipinski definition) is 2. The summed E-state index contributed by atoms with van der Waals surface area (Å²) in [6.45, 7) is 5.46. The number of fused-ring (bicyclic) bond motifs is 3. The van der Waals surface area contributed by atoms with Crippen LogP contribution in [0.15, 0.2) is 48.5 Å². The fourth-order valence-corrected chi connectivity index (χ4v) is 4.47. The zero-order valence-corrected chi connectivity index (χ0v) is 20.1. The molecule has 2 aromatic carbocycles. The summed E-state index contributed by atoms with van der Waals surface area (Å²) in [6.07, 6.45) is 1.94. The van der Waals surface area contributed by atoms with Crippen LogP contribution in [0.5, 0.6) is 0 Å². The van der Waals surface area contributed by atoms with Gasteiger partial charge in [0, 0.05) is 12.0 Å². The van der Waals surface area contributed by atoms with Crippen LogP contribution in [-0.4, -0.2) is 53.2 Å². The van der Waals surface area contributed by atoms with E-state index in [0.29, 0.717) is 12.8 Å². The number of amides is 2. The van der Waals surface area contributed by atoms with Crippen molar-refractivity contribution in [1.29, 1.82) is 0 Å². The van der Waals surface area contributed by atoms with Gasteiger partial charge in [0.2, 0.25) is 5.91 Å². The average Bonchev–Trinajstić information content (AvgIpc) is 3.16. The van der Waals surface area contributed by atoms with Gasteiger partial charge >= 0.3 is 12.1 Å². The summed E-state index contributed by atoms with van der Waals surface area (Å²) in [5.74, 6) is -1.55. The standard InChI is InChI=1S/C27H34N2O5/c1-4-6-15-24(26(32)29(16-25(30)31)18(3)5-2)28-27(33)34-17-23-21-13-9-7-11-19(21)20-12-8-10-14-22(20)23/h7-14,18,23-24H,4-6,15-17H2,1-3H3,(H,28,33)(H,30,31)/t18?,24-/m0/s1. The molecule has 0 fully saturated rings. The molecule has 1 unspecified atom stereocenters. The molecule has 0 radical (unpaired) electrons. The Labute approximate surface area is 201 Å². The first-order valence-electron chi connectivity index (χ1n) is 12.0. The SMILES string of the molecule is CCCC[C@H](NC(=O)OCC1c2ccccc2-c2ccccc21)C(=O)N(CC(=O)O)C(C)CC. The molecule has 1 aliphatic carbocycles. The molecule has 2 aromatic rings. The Balaban J connectivity index is 1.70. The van der Waals surface area contributed by atoms with E-state index in [1.165, 1.54) is 4.90 Å². The molecule has 34 heavy (non-hydrogen) atoms. The third-order valence-corrected chi connectivity index (χ3v) is 6.49. The minimum atomic E-state index is -1.08. The van der Waals surface area contributed by atoms with Gasteiger partial charge in [-0.05, 0) is 42.0 Å². The van der Waals surface area contributed by atoms with Crippen LogP contribution in [0.4, 0.5) is 4.79 Å². The normalized spacial score (nSPS) is 14.0. The molecule has 0 heterocycles. The minimum absolute atomic E-state index is 0.0773. The molecule has 0 saturated heterocycles. The van der Waals surface area contributed by atoms with Crippen LogP contribution in [-0.2, 0) is 14.3 Å². The van der Waals surface area contributed by atoms with Gasteiger partial charge in [0.15, 0.2) is 0 Å². The van der Waals surface area contributed by atoms with Gasteiger partial charge in [0.25, 0.3) is 0 Å². The number of nitrogens with one attached hydrogen (secondary N) is 1. The molecule has 0 spiro atoms. The summed E-state index contributed by atoms with van der Waals surface area (Å²) in [5.41, 5.74) is 4.50. The lowest BCUT2D eigenvalue weighted by Gasteiger charge is -2.31. The highest BCUT2D eigenvalue weighted by Crippen LogP contribution is 2.44. The van der Waals surface area contributed by atoms with E-state index in [0.717, 1.165) is 35.1 Å². The number of rotatable bonds is 11. The summed E-state index contributed by atoms with van der Waals surface area (Å²) in [5, 5.41) is 12.0. The molecule has 0 saturated carbocycles. The van der Waals surface area contributed by atoms with Crippen LogP contribution in [0, 0.1) is 0 Å². The lowest BCUT2D eigenvalue weighted by molar-refractivity contribution is -0.147. The molecular formula is C27H34N2O5. The fraction of sp³-hybridized carbons (Fsp3) is 0.444. The Bertz CT molecular complexity index is 976. The van der Waals surface area contributed by atoms with Crippen molar-refractivity contribution in [3.63, 3.8) is 0 Å². The van der Waals surface area contributed by atoms with Crippen molar-refractivity contribution < 1.29 is 24.2 Å². The van der Waals surface area contributed by atoms with Gasteiger partial charge in [-0.2, -0.15) is 0 Å². The lowest BCUT2D eigenvalue weighted by atomic mass is 9.98. The number of carboxylic acid groups (broad SMARTS) is 1. The van der Waals surface area contributed by atoms with Crippen molar-refractivity contribution in [2.45, 2.75) is 64.5 Å². The van der Waals surface area contributed by atoms with Crippen molar-refractivity contribution in [1.82, 2.24) is 10.2 Å². The van der Waals surface area contributed by atoms with Gasteiger partial charge in [0.05, 0.1) is 0 Å². The Morgan fingerprint density at radius 3 is 2.15 bits per heavy atom. The lowest BCUT2D eigenvalue weighted by Crippen LogP contribution is -2.52. The maximum absolute atomic E-state index is 13.2. The number of aliphatic carboxylic acids is 1. The maximum atomic E-state index is 13.2. The molecule has 0 aliphatic heterocycles. The summed E-state index contributed by atoms with van der Waals surface area (Å²) in [4.78, 5) is 38.6. The molecule has 7 nitrogen and oxygen atoms in total. The maximum Gasteiger partial charge on any atom is 0.407 e. The van der Waals surface area contributed by atoms with Gasteiger partial charge in [-0.15, -0.1) is 0 Å². The van der Waals surface area contributed by atoms with Crippen molar-refractivity contribution in [3.05, 3.63) is 59.7 Å². The van der Waals surface area contributed by atoms with Crippen LogP contribution in [0.25, 0.3) is 11.1 Å². The topological polar surface area (TPSA) is 95.9 Å². The van der Waals surface area contributed by atoms with Crippen LogP contribution >= 0.6 is 0 Å². The number of carbonyl (C=O) groups excluding carboxylic acids is 2. The largest absolute Gasteiger partial charge is 0.480 e. The highest BCUT2D eigenvalue weighted by atomic mass is 16.5. The van der Waals surface area contributed by atoms with Crippen molar-refractivity contribution in [2.24, 2.45) is 0 Å². The number of ether oxygens (including phenoxy) is 1. The van der Waals surface area contributed by atoms with Gasteiger partial charge in [-0.1, -0.05) is 75.2 Å². The quantitative estimate of drug-likeness (QED) is 0.496. The van der Waals surface area contributed by atoms with Gasteiger partial charge < -0.3 is 20.1 Å². The van der Waals surface area contributed by atoms with E-state index in [9.17, 15) is 19.5 Å². The monoisotopic (exact) mass is 466 g/mol. The van der Waals surface area contributed by atoms with E-state index in [1.54, 1.807) is 0 Å². The van der Waals surface area contributed by atoms with Crippen LogP contribution in [0.3, 0.4) is 0 Å². The highest BCUT2D eigenvalue weighted by molar-refractivity contribution is 5.88. The third-order valence-electron chi connectivity index (χ3n) is 6.49. The molecule has 2 N–H and O–H groups in total. The Morgan fingerprint density at radius 1 is 1.03 bits per heavy atom. The van der Waals surface area contributed by atoms with Crippen molar-refractivity contribution in [2.75, 3.05) is 13.2 Å². The summed E-state index contributed by atoms with van der Waals surface area (Å²) < 4.78 is 5.61. The molecular weight excluding hydrogens is 432 g/mol. The Morgan fingerprint density at radius 2 is 1.62 bits per heavy atom. The van der Waals surface area contributed by atoms with Crippen molar-refractivity contribution in [3.8, 4) is 11.1 Å². The van der Waals surface area contributed by atoms with Gasteiger partial charge in [-0.25, -0.2) is 4.79 Å². The second-order valence-corrected chi connectivity index (χ2v) is 8.78. The number of benzene rings is 2. The van der Waals surface area contributed by atoms with Gasteiger partial charge in [-0.3, -0.25) is 9.59 Å². The Kier molecular flexibility index (Phi) is 8.68. The Hall–Kier alpha value is -3.35. The van der Waals surface area contributed by atoms with Crippen LogP contribution in [0.1, 0.15) is 63.5 Å². The smallest absolute Gasteiger partial charge is 0.407 e. The molecule has 1 aliphatic rings. The average molecular weight is 467 g/mol. The molecule has 3 rings (SSSR count). The number of nitrogens with zero attached hydrogens (tertiary/aromatic N) is 1. The zero-order chi connectivity index (χ0) is 24.7. The second kappa shape index (κ2) is 11.7. The number of hydrogen-bond acceptors (Lipinski definition) is 4. The number of alkyl carbamates (subject to hydrolysis) is 1. The molecule has 7 heteroatoms. The number of unbranched alkanes of at least 4 members (excludes halogenated alkanes) is 1. The van der Waals surface area contributed by atoms with E-state index < -0.39 is 30.6 Å². The molecule has 182 valence electrons. The van der Waals surface area contributed by atoms with E-state index in [1.807, 2.05) is 57.2 Å². The first kappa shape index (κ1) is 25.3. The first-order chi connectivity index (χ1) is 16.4. The number of carbonyl (C=O) groups is 3. The zero-order valence-electron chi connectivity index (χ0n) is 20.1. The summed E-state index contributed by atoms with van der Waals surface area (Å²) in [6, 6.07) is 15.1. The molecule has 0 bridgehead atoms. The molecule has 2 amide bonds. The van der Waals surface area contributed by atoms with Crippen molar-refractivity contribution >= 4 is 18.0 Å². The highest BCUT2D eigenvalue weighted by Gasteiger charge is 2.32. The summed E-state index contributed by atoms with van der Waals surface area (Å²) >= 11 is 0. The third kappa shape index (κ3) is 5.76. The predicted octanol–water partition coefficient (Wildman–Crippen LogP) is 4.80.